The average molecular weight is 444 g/mol. The lowest BCUT2D eigenvalue weighted by molar-refractivity contribution is -0.144. The number of amides is 3. The zero-order chi connectivity index (χ0) is 23.6. The summed E-state index contributed by atoms with van der Waals surface area (Å²) in [7, 11) is 0. The fourth-order valence-electron chi connectivity index (χ4n) is 4.62. The molecule has 0 saturated carbocycles. The maximum atomic E-state index is 13.5. The van der Waals surface area contributed by atoms with Crippen molar-refractivity contribution in [1.82, 2.24) is 15.5 Å². The molecule has 8 heteroatoms. The average Bonchev–Trinajstić information content (AvgIpc) is 3.12. The molecule has 0 bridgehead atoms. The summed E-state index contributed by atoms with van der Waals surface area (Å²) in [5.41, 5.74) is 13.7. The van der Waals surface area contributed by atoms with Gasteiger partial charge in [0.05, 0.1) is 12.1 Å². The van der Waals surface area contributed by atoms with Crippen molar-refractivity contribution in [3.05, 3.63) is 35.4 Å². The summed E-state index contributed by atoms with van der Waals surface area (Å²) in [6, 6.07) is 5.59. The molecule has 1 aliphatic carbocycles. The highest BCUT2D eigenvalue weighted by atomic mass is 16.2. The van der Waals surface area contributed by atoms with Crippen LogP contribution in [0.25, 0.3) is 0 Å². The first-order valence-corrected chi connectivity index (χ1v) is 11.5. The van der Waals surface area contributed by atoms with Crippen LogP contribution in [0.5, 0.6) is 0 Å². The Bertz CT molecular complexity index is 863. The van der Waals surface area contributed by atoms with Crippen LogP contribution in [0.2, 0.25) is 0 Å². The maximum Gasteiger partial charge on any atom is 0.246 e. The minimum absolute atomic E-state index is 0.0718. The van der Waals surface area contributed by atoms with E-state index in [9.17, 15) is 14.4 Å². The number of likely N-dealkylation sites (tertiary alicyclic amines) is 1. The first kappa shape index (κ1) is 24.2. The summed E-state index contributed by atoms with van der Waals surface area (Å²) in [6.45, 7) is 7.48. The topological polar surface area (TPSA) is 131 Å². The van der Waals surface area contributed by atoms with E-state index >= 15 is 0 Å². The molecule has 32 heavy (non-hydrogen) atoms. The van der Waals surface area contributed by atoms with E-state index in [1.54, 1.807) is 6.92 Å². The minimum Gasteiger partial charge on any atom is -0.347 e. The predicted octanol–water partition coefficient (Wildman–Crippen LogP) is 0.987. The lowest BCUT2D eigenvalue weighted by Gasteiger charge is -2.36. The SMILES string of the molecule is C[C@H](N)C(=O)N[C@H](C(=O)N1C[C@@H](N)C[C@H]1C(=O)N[C@@H]1CCCc2ccccc21)C(C)(C)C. The van der Waals surface area contributed by atoms with E-state index in [1.165, 1.54) is 10.5 Å². The Labute approximate surface area is 190 Å². The molecule has 1 saturated heterocycles. The van der Waals surface area contributed by atoms with Gasteiger partial charge in [0, 0.05) is 12.6 Å². The molecular weight excluding hydrogens is 406 g/mol. The summed E-state index contributed by atoms with van der Waals surface area (Å²) >= 11 is 0. The lowest BCUT2D eigenvalue weighted by Crippen LogP contribution is -2.59. The lowest BCUT2D eigenvalue weighted by atomic mass is 9.85. The van der Waals surface area contributed by atoms with E-state index in [4.69, 9.17) is 11.5 Å². The molecule has 3 amide bonds. The molecule has 5 atom stereocenters. The van der Waals surface area contributed by atoms with Gasteiger partial charge in [0.2, 0.25) is 17.7 Å². The largest absolute Gasteiger partial charge is 0.347 e. The van der Waals surface area contributed by atoms with Crippen molar-refractivity contribution in [2.24, 2.45) is 16.9 Å². The number of hydrogen-bond acceptors (Lipinski definition) is 5. The first-order valence-electron chi connectivity index (χ1n) is 11.5. The van der Waals surface area contributed by atoms with Crippen LogP contribution in [0.1, 0.15) is 64.1 Å². The van der Waals surface area contributed by atoms with Gasteiger partial charge >= 0.3 is 0 Å². The van der Waals surface area contributed by atoms with Crippen LogP contribution in [-0.2, 0) is 20.8 Å². The van der Waals surface area contributed by atoms with Crippen LogP contribution >= 0.6 is 0 Å². The van der Waals surface area contributed by atoms with Crippen molar-refractivity contribution >= 4 is 17.7 Å². The van der Waals surface area contributed by atoms with E-state index in [2.05, 4.69) is 22.8 Å². The van der Waals surface area contributed by atoms with Gasteiger partial charge < -0.3 is 27.0 Å². The van der Waals surface area contributed by atoms with Crippen LogP contribution in [0.4, 0.5) is 0 Å². The van der Waals surface area contributed by atoms with Gasteiger partial charge in [-0.1, -0.05) is 45.0 Å². The highest BCUT2D eigenvalue weighted by Crippen LogP contribution is 2.31. The van der Waals surface area contributed by atoms with Crippen LogP contribution in [0.15, 0.2) is 24.3 Å². The molecule has 3 rings (SSSR count). The van der Waals surface area contributed by atoms with Crippen molar-refractivity contribution in [1.29, 1.82) is 0 Å². The Balaban J connectivity index is 1.78. The van der Waals surface area contributed by atoms with Crippen molar-refractivity contribution in [2.45, 2.75) is 83.6 Å². The molecule has 176 valence electrons. The maximum absolute atomic E-state index is 13.5. The smallest absolute Gasteiger partial charge is 0.246 e. The van der Waals surface area contributed by atoms with Gasteiger partial charge in [0.1, 0.15) is 12.1 Å². The fraction of sp³-hybridized carbons (Fsp3) is 0.625. The second-order valence-corrected chi connectivity index (χ2v) is 10.3. The third-order valence-electron chi connectivity index (χ3n) is 6.42. The van der Waals surface area contributed by atoms with Crippen LogP contribution in [-0.4, -0.2) is 53.3 Å². The summed E-state index contributed by atoms with van der Waals surface area (Å²) in [5, 5.41) is 5.94. The number of fused-ring (bicyclic) bond motifs is 1. The summed E-state index contributed by atoms with van der Waals surface area (Å²) < 4.78 is 0. The Morgan fingerprint density at radius 2 is 1.88 bits per heavy atom. The Morgan fingerprint density at radius 1 is 1.19 bits per heavy atom. The van der Waals surface area contributed by atoms with Crippen molar-refractivity contribution in [2.75, 3.05) is 6.54 Å². The second kappa shape index (κ2) is 9.58. The summed E-state index contributed by atoms with van der Waals surface area (Å²) in [6.07, 6.45) is 3.27. The number of aryl methyl sites for hydroxylation is 1. The Hall–Kier alpha value is -2.45. The van der Waals surface area contributed by atoms with E-state index in [1.807, 2.05) is 32.9 Å². The molecule has 1 aliphatic heterocycles. The van der Waals surface area contributed by atoms with Gasteiger partial charge in [-0.2, -0.15) is 0 Å². The third kappa shape index (κ3) is 5.30. The molecule has 1 fully saturated rings. The van der Waals surface area contributed by atoms with Crippen LogP contribution in [0, 0.1) is 5.41 Å². The molecule has 0 spiro atoms. The monoisotopic (exact) mass is 443 g/mol. The number of hydrogen-bond donors (Lipinski definition) is 4. The van der Waals surface area contributed by atoms with Gasteiger partial charge in [-0.25, -0.2) is 0 Å². The number of nitrogens with zero attached hydrogens (tertiary/aromatic N) is 1. The zero-order valence-corrected chi connectivity index (χ0v) is 19.6. The molecule has 1 aromatic carbocycles. The first-order chi connectivity index (χ1) is 15.0. The van der Waals surface area contributed by atoms with Gasteiger partial charge in [0.15, 0.2) is 0 Å². The van der Waals surface area contributed by atoms with E-state index in [0.29, 0.717) is 6.42 Å². The molecule has 0 radical (unpaired) electrons. The standard InChI is InChI=1S/C24H37N5O3/c1-14(25)21(30)28-20(24(2,3)4)23(32)29-13-16(26)12-19(29)22(31)27-18-11-7-9-15-8-5-6-10-17(15)18/h5-6,8,10,14,16,18-20H,7,9,11-13,25-26H2,1-4H3,(H,27,31)(H,28,30)/t14-,16-,18+,19-,20+/m0/s1. The molecule has 1 aromatic rings. The Kier molecular flexibility index (Phi) is 7.25. The summed E-state index contributed by atoms with van der Waals surface area (Å²) in [4.78, 5) is 40.7. The number of carbonyl (C=O) groups excluding carboxylic acids is 3. The molecular formula is C24H37N5O3. The van der Waals surface area contributed by atoms with E-state index in [0.717, 1.165) is 24.8 Å². The van der Waals surface area contributed by atoms with Gasteiger partial charge in [-0.15, -0.1) is 0 Å². The van der Waals surface area contributed by atoms with Crippen LogP contribution in [0.3, 0.4) is 0 Å². The number of rotatable bonds is 5. The molecule has 0 unspecified atom stereocenters. The fourth-order valence-corrected chi connectivity index (χ4v) is 4.62. The molecule has 0 aromatic heterocycles. The second-order valence-electron chi connectivity index (χ2n) is 10.3. The highest BCUT2D eigenvalue weighted by Gasteiger charge is 2.44. The number of nitrogens with two attached hydrogens (primary N) is 2. The van der Waals surface area contributed by atoms with Gasteiger partial charge in [0.25, 0.3) is 0 Å². The third-order valence-corrected chi connectivity index (χ3v) is 6.42. The van der Waals surface area contributed by atoms with E-state index in [-0.39, 0.29) is 30.4 Å². The Morgan fingerprint density at radius 3 is 2.53 bits per heavy atom. The molecule has 1 heterocycles. The number of carbonyl (C=O) groups is 3. The molecule has 8 nitrogen and oxygen atoms in total. The number of nitrogens with one attached hydrogen (secondary N) is 2. The van der Waals surface area contributed by atoms with E-state index < -0.39 is 29.4 Å². The molecule has 2 aliphatic rings. The van der Waals surface area contributed by atoms with Crippen molar-refractivity contribution < 1.29 is 14.4 Å². The zero-order valence-electron chi connectivity index (χ0n) is 19.6. The molecule has 6 N–H and O–H groups in total. The highest BCUT2D eigenvalue weighted by molar-refractivity contribution is 5.94. The van der Waals surface area contributed by atoms with Gasteiger partial charge in [-0.05, 0) is 49.1 Å². The normalized spacial score (nSPS) is 24.9. The van der Waals surface area contributed by atoms with Crippen LogP contribution < -0.4 is 22.1 Å². The minimum atomic E-state index is -0.808. The quantitative estimate of drug-likeness (QED) is 0.539. The van der Waals surface area contributed by atoms with Gasteiger partial charge in [-0.3, -0.25) is 14.4 Å². The van der Waals surface area contributed by atoms with Crippen molar-refractivity contribution in [3.8, 4) is 0 Å². The number of benzene rings is 1. The predicted molar refractivity (Wildman–Crippen MR) is 123 cm³/mol. The summed E-state index contributed by atoms with van der Waals surface area (Å²) in [5.74, 6) is -0.899. The van der Waals surface area contributed by atoms with Crippen molar-refractivity contribution in [3.63, 3.8) is 0 Å².